The molecule has 4 N–H and O–H groups in total. The number of aliphatic hydroxyl groups is 1. The van der Waals surface area contributed by atoms with Crippen molar-refractivity contribution < 1.29 is 34.1 Å². The molecule has 0 saturated heterocycles. The van der Waals surface area contributed by atoms with E-state index in [0.717, 1.165) is 57.8 Å². The van der Waals surface area contributed by atoms with Crippen LogP contribution in [0.15, 0.2) is 24.3 Å². The van der Waals surface area contributed by atoms with Gasteiger partial charge in [0.25, 0.3) is 0 Å². The van der Waals surface area contributed by atoms with Crippen molar-refractivity contribution in [3.63, 3.8) is 0 Å². The van der Waals surface area contributed by atoms with Crippen LogP contribution in [0, 0.1) is 0 Å². The van der Waals surface area contributed by atoms with Crippen molar-refractivity contribution in [2.24, 2.45) is 0 Å². The lowest BCUT2D eigenvalue weighted by molar-refractivity contribution is -0.147. The van der Waals surface area contributed by atoms with Crippen molar-refractivity contribution in [2.45, 2.75) is 264 Å². The predicted molar refractivity (Wildman–Crippen MR) is 250 cm³/mol. The monoisotopic (exact) mass is 847 g/mol. The molecule has 0 bridgehead atoms. The molecule has 0 aromatic rings. The number of hydrogen-bond acceptors (Lipinski definition) is 6. The maximum Gasteiger partial charge on any atom is 0.328 e. The van der Waals surface area contributed by atoms with Crippen molar-refractivity contribution in [3.05, 3.63) is 24.3 Å². The van der Waals surface area contributed by atoms with Gasteiger partial charge in [0.2, 0.25) is 11.8 Å². The van der Waals surface area contributed by atoms with Gasteiger partial charge in [0, 0.05) is 12.8 Å². The molecular weight excluding hydrogens is 753 g/mol. The molecule has 0 aromatic heterocycles. The minimum absolute atomic E-state index is 0.0749. The number of allylic oxidation sites excluding steroid dienone is 3. The van der Waals surface area contributed by atoms with Crippen LogP contribution < -0.4 is 10.6 Å². The van der Waals surface area contributed by atoms with Crippen molar-refractivity contribution in [1.29, 1.82) is 0 Å². The molecule has 0 aliphatic heterocycles. The van der Waals surface area contributed by atoms with Crippen molar-refractivity contribution >= 4 is 23.8 Å². The number of rotatable bonds is 46. The first-order valence-electron chi connectivity index (χ1n) is 25.2. The van der Waals surface area contributed by atoms with Gasteiger partial charge in [-0.15, -0.1) is 0 Å². The Morgan fingerprint density at radius 2 is 0.900 bits per heavy atom. The van der Waals surface area contributed by atoms with Gasteiger partial charge in [-0.3, -0.25) is 14.4 Å². The van der Waals surface area contributed by atoms with E-state index in [0.29, 0.717) is 19.3 Å². The molecule has 0 rings (SSSR count). The van der Waals surface area contributed by atoms with Gasteiger partial charge in [0.05, 0.1) is 13.2 Å². The molecule has 0 spiro atoms. The molecule has 350 valence electrons. The van der Waals surface area contributed by atoms with Crippen LogP contribution in [0.4, 0.5) is 0 Å². The Balaban J connectivity index is 4.07. The summed E-state index contributed by atoms with van der Waals surface area (Å²) in [5.41, 5.74) is 0. The molecule has 0 aliphatic rings. The number of carboxylic acids is 1. The fourth-order valence-electron chi connectivity index (χ4n) is 7.50. The number of esters is 1. The molecule has 0 fully saturated rings. The van der Waals surface area contributed by atoms with Crippen molar-refractivity contribution in [2.75, 3.05) is 13.2 Å². The summed E-state index contributed by atoms with van der Waals surface area (Å²) in [6.45, 7) is 3.49. The summed E-state index contributed by atoms with van der Waals surface area (Å²) in [6, 6.07) is -1.38. The normalized spacial score (nSPS) is 12.6. The molecule has 60 heavy (non-hydrogen) atoms. The van der Waals surface area contributed by atoms with Gasteiger partial charge < -0.3 is 25.6 Å². The largest absolute Gasteiger partial charge is 0.480 e. The quantitative estimate of drug-likeness (QED) is 0.0271. The highest BCUT2D eigenvalue weighted by molar-refractivity contribution is 5.87. The van der Waals surface area contributed by atoms with Gasteiger partial charge in [-0.05, 0) is 70.3 Å². The van der Waals surface area contributed by atoms with Gasteiger partial charge in [-0.1, -0.05) is 193 Å². The summed E-state index contributed by atoms with van der Waals surface area (Å²) in [7, 11) is 0. The number of ether oxygens (including phenoxy) is 1. The summed E-state index contributed by atoms with van der Waals surface area (Å²) < 4.78 is 5.97. The van der Waals surface area contributed by atoms with Crippen LogP contribution in [0.3, 0.4) is 0 Å². The molecule has 9 heteroatoms. The summed E-state index contributed by atoms with van der Waals surface area (Å²) >= 11 is 0. The Bertz CT molecular complexity index is 1060. The van der Waals surface area contributed by atoms with E-state index in [-0.39, 0.29) is 24.5 Å². The van der Waals surface area contributed by atoms with Gasteiger partial charge in [-0.2, -0.15) is 0 Å². The molecule has 0 aliphatic carbocycles. The van der Waals surface area contributed by atoms with Crippen LogP contribution >= 0.6 is 0 Å². The lowest BCUT2D eigenvalue weighted by atomic mass is 10.0. The average Bonchev–Trinajstić information content (AvgIpc) is 3.23. The molecule has 0 saturated carbocycles. The van der Waals surface area contributed by atoms with Crippen LogP contribution in [-0.2, 0) is 23.9 Å². The minimum atomic E-state index is -1.38. The second-order valence-electron chi connectivity index (χ2n) is 17.3. The average molecular weight is 847 g/mol. The predicted octanol–water partition coefficient (Wildman–Crippen LogP) is 13.2. The molecule has 9 nitrogen and oxygen atoms in total. The number of nitrogens with one attached hydrogen (secondary N) is 2. The second kappa shape index (κ2) is 45.8. The zero-order valence-corrected chi connectivity index (χ0v) is 39.0. The number of hydrogen-bond donors (Lipinski definition) is 4. The molecule has 2 unspecified atom stereocenters. The Hall–Kier alpha value is -2.68. The summed E-state index contributed by atoms with van der Waals surface area (Å²) in [4.78, 5) is 47.5. The standard InChI is InChI=1S/C51H94N2O7/c1-3-5-7-9-11-13-14-15-16-17-18-19-20-21-22-23-24-25-26-27-29-35-39-43-50(57)60-46(40-36-32-28-12-10-8-6-4-2)41-37-33-30-31-34-38-42-48(55)52-44-49(56)53-47(45-54)51(58)59/h17-18,36,40,46-47,54H,3-16,19-35,37-39,41-45H2,1-2H3,(H,52,55)(H,53,56)(H,58,59)/b18-17-,40-36-. The van der Waals surface area contributed by atoms with E-state index >= 15 is 0 Å². The van der Waals surface area contributed by atoms with Gasteiger partial charge in [-0.25, -0.2) is 4.79 Å². The highest BCUT2D eigenvalue weighted by atomic mass is 16.5. The topological polar surface area (TPSA) is 142 Å². The molecule has 2 atom stereocenters. The number of carboxylic acid groups (broad SMARTS) is 1. The third kappa shape index (κ3) is 42.0. The van der Waals surface area contributed by atoms with E-state index in [1.807, 2.05) is 0 Å². The summed E-state index contributed by atoms with van der Waals surface area (Å²) in [6.07, 6.45) is 52.5. The highest BCUT2D eigenvalue weighted by Gasteiger charge is 2.18. The van der Waals surface area contributed by atoms with Crippen molar-refractivity contribution in [3.8, 4) is 0 Å². The Morgan fingerprint density at radius 3 is 1.35 bits per heavy atom. The smallest absolute Gasteiger partial charge is 0.328 e. The number of aliphatic carboxylic acids is 1. The highest BCUT2D eigenvalue weighted by Crippen LogP contribution is 2.17. The number of unbranched alkanes of at least 4 members (excludes halogenated alkanes) is 30. The lowest BCUT2D eigenvalue weighted by Gasteiger charge is -2.15. The van der Waals surface area contributed by atoms with E-state index in [9.17, 15) is 19.2 Å². The fourth-order valence-corrected chi connectivity index (χ4v) is 7.50. The van der Waals surface area contributed by atoms with Gasteiger partial charge in [0.15, 0.2) is 0 Å². The van der Waals surface area contributed by atoms with E-state index < -0.39 is 24.5 Å². The first kappa shape index (κ1) is 57.3. The van der Waals surface area contributed by atoms with E-state index in [1.165, 1.54) is 161 Å². The third-order valence-electron chi connectivity index (χ3n) is 11.4. The maximum absolute atomic E-state index is 12.8. The van der Waals surface area contributed by atoms with Crippen LogP contribution in [0.2, 0.25) is 0 Å². The first-order valence-corrected chi connectivity index (χ1v) is 25.2. The van der Waals surface area contributed by atoms with Gasteiger partial charge in [0.1, 0.15) is 12.1 Å². The van der Waals surface area contributed by atoms with Crippen LogP contribution in [0.1, 0.15) is 251 Å². The summed E-state index contributed by atoms with van der Waals surface area (Å²) in [5, 5.41) is 22.5. The number of carbonyl (C=O) groups excluding carboxylic acids is 3. The van der Waals surface area contributed by atoms with Crippen LogP contribution in [0.25, 0.3) is 0 Å². The second-order valence-corrected chi connectivity index (χ2v) is 17.3. The molecular formula is C51H94N2O7. The molecule has 2 amide bonds. The Labute approximate surface area is 368 Å². The number of aliphatic hydroxyl groups excluding tert-OH is 1. The third-order valence-corrected chi connectivity index (χ3v) is 11.4. The Morgan fingerprint density at radius 1 is 0.500 bits per heavy atom. The number of carbonyl (C=O) groups is 4. The molecule has 0 radical (unpaired) electrons. The zero-order chi connectivity index (χ0) is 44.0. The molecule has 0 aromatic carbocycles. The summed E-state index contributed by atoms with van der Waals surface area (Å²) in [5.74, 6) is -2.31. The lowest BCUT2D eigenvalue weighted by Crippen LogP contribution is -2.47. The van der Waals surface area contributed by atoms with E-state index in [4.69, 9.17) is 14.9 Å². The van der Waals surface area contributed by atoms with E-state index in [2.05, 4.69) is 48.8 Å². The fraction of sp³-hybridized carbons (Fsp3) is 0.843. The van der Waals surface area contributed by atoms with E-state index in [1.54, 1.807) is 0 Å². The minimum Gasteiger partial charge on any atom is -0.480 e. The van der Waals surface area contributed by atoms with Crippen LogP contribution in [-0.4, -0.2) is 59.3 Å². The van der Waals surface area contributed by atoms with Gasteiger partial charge >= 0.3 is 11.9 Å². The first-order chi connectivity index (χ1) is 29.3. The SMILES string of the molecule is CCCCCCCC/C=C\C(CCCCCCCCC(=O)NCC(=O)NC(CO)C(=O)O)OC(=O)CCCCCCCCCCCCC/C=C\CCCCCCCCCC. The molecule has 0 heterocycles. The zero-order valence-electron chi connectivity index (χ0n) is 39.0. The van der Waals surface area contributed by atoms with Crippen molar-refractivity contribution in [1.82, 2.24) is 10.6 Å². The maximum atomic E-state index is 12.8. The number of amides is 2. The Kier molecular flexibility index (Phi) is 43.8. The van der Waals surface area contributed by atoms with Crippen LogP contribution in [0.5, 0.6) is 0 Å².